The second kappa shape index (κ2) is 6.04. The number of hydrogen-bond donors (Lipinski definition) is 1. The Morgan fingerprint density at radius 2 is 1.55 bits per heavy atom. The molecule has 0 saturated carbocycles. The van der Waals surface area contributed by atoms with Gasteiger partial charge in [-0.2, -0.15) is 5.10 Å². The van der Waals surface area contributed by atoms with Gasteiger partial charge < -0.3 is 0 Å². The first kappa shape index (κ1) is 15.0. The molecule has 1 N–H and O–H groups in total. The molecule has 22 heavy (non-hydrogen) atoms. The first-order valence-electron chi connectivity index (χ1n) is 6.25. The molecule has 7 heteroatoms. The van der Waals surface area contributed by atoms with Gasteiger partial charge in [0.2, 0.25) is 10.6 Å². The second-order valence-corrected chi connectivity index (χ2v) is 6.29. The van der Waals surface area contributed by atoms with Crippen molar-refractivity contribution in [3.05, 3.63) is 73.9 Å². The Bertz CT molecular complexity index is 882. The third-order valence-corrected chi connectivity index (χ3v) is 4.28. The van der Waals surface area contributed by atoms with E-state index < -0.39 is 0 Å². The number of carbonyl (C=O) groups excluding carboxylic acids is 1. The van der Waals surface area contributed by atoms with Crippen LogP contribution in [0.25, 0.3) is 5.69 Å². The number of nitrogens with zero attached hydrogens (tertiary/aromatic N) is 2. The van der Waals surface area contributed by atoms with Crippen molar-refractivity contribution < 1.29 is 4.79 Å². The number of nitrogens with one attached hydrogen (secondary N) is 1. The van der Waals surface area contributed by atoms with E-state index in [9.17, 15) is 4.79 Å². The molecule has 0 radical (unpaired) electrons. The molecular formula is C15H9Cl2N3OS. The molecule has 0 atom stereocenters. The Labute approximate surface area is 140 Å². The molecule has 0 aliphatic rings. The van der Waals surface area contributed by atoms with Gasteiger partial charge in [0.1, 0.15) is 0 Å². The molecule has 3 rings (SSSR count). The van der Waals surface area contributed by atoms with Crippen LogP contribution in [0.5, 0.6) is 0 Å². The zero-order valence-electron chi connectivity index (χ0n) is 11.1. The fourth-order valence-electron chi connectivity index (χ4n) is 1.87. The van der Waals surface area contributed by atoms with Gasteiger partial charge in [0.25, 0.3) is 0 Å². The Balaban J connectivity index is 1.98. The largest absolute Gasteiger partial charge is 0.286 e. The van der Waals surface area contributed by atoms with Gasteiger partial charge in [0.15, 0.2) is 5.01 Å². The molecule has 0 saturated heterocycles. The Kier molecular flexibility index (Phi) is 4.11. The average molecular weight is 350 g/mol. The highest BCUT2D eigenvalue weighted by Gasteiger charge is 2.15. The van der Waals surface area contributed by atoms with Crippen LogP contribution >= 0.6 is 34.5 Å². The molecule has 3 aromatic rings. The van der Waals surface area contributed by atoms with Gasteiger partial charge in [-0.1, -0.05) is 34.5 Å². The lowest BCUT2D eigenvalue weighted by Crippen LogP contribution is -2.12. The summed E-state index contributed by atoms with van der Waals surface area (Å²) in [6.07, 6.45) is 0. The van der Waals surface area contributed by atoms with Crippen LogP contribution in [-0.4, -0.2) is 15.6 Å². The van der Waals surface area contributed by atoms with Gasteiger partial charge in [0, 0.05) is 15.6 Å². The van der Waals surface area contributed by atoms with E-state index in [1.165, 1.54) is 4.68 Å². The monoisotopic (exact) mass is 349 g/mol. The number of carbonyl (C=O) groups is 1. The molecule has 1 heterocycles. The van der Waals surface area contributed by atoms with Crippen LogP contribution in [0.3, 0.4) is 0 Å². The number of benzene rings is 2. The summed E-state index contributed by atoms with van der Waals surface area (Å²) in [5, 5.41) is 13.6. The van der Waals surface area contributed by atoms with E-state index in [0.29, 0.717) is 21.3 Å². The highest BCUT2D eigenvalue weighted by Crippen LogP contribution is 2.16. The van der Waals surface area contributed by atoms with Crippen molar-refractivity contribution in [3.63, 3.8) is 0 Å². The van der Waals surface area contributed by atoms with Crippen LogP contribution in [0.4, 0.5) is 0 Å². The van der Waals surface area contributed by atoms with Crippen LogP contribution in [0.2, 0.25) is 10.0 Å². The summed E-state index contributed by atoms with van der Waals surface area (Å²) in [5.74, 6) is -0.233. The average Bonchev–Trinajstić information content (AvgIpc) is 2.90. The standard InChI is InChI=1S/C15H9Cl2N3OS/c16-10-3-1-9(2-4-10)13(21)14-19-20(15(18)22-14)12-7-5-11(17)6-8-12/h1-8,18H. The van der Waals surface area contributed by atoms with Crippen LogP contribution in [0.15, 0.2) is 48.5 Å². The van der Waals surface area contributed by atoms with Crippen molar-refractivity contribution in [2.24, 2.45) is 0 Å². The maximum Gasteiger partial charge on any atom is 0.223 e. The van der Waals surface area contributed by atoms with E-state index >= 15 is 0 Å². The molecule has 110 valence electrons. The van der Waals surface area contributed by atoms with Crippen molar-refractivity contribution >= 4 is 40.3 Å². The second-order valence-electron chi connectivity index (χ2n) is 4.44. The van der Waals surface area contributed by atoms with Crippen molar-refractivity contribution in [1.82, 2.24) is 9.78 Å². The van der Waals surface area contributed by atoms with E-state index in [0.717, 1.165) is 11.3 Å². The lowest BCUT2D eigenvalue weighted by Gasteiger charge is -2.00. The predicted octanol–water partition coefficient (Wildman–Crippen LogP) is 3.95. The quantitative estimate of drug-likeness (QED) is 0.727. The van der Waals surface area contributed by atoms with Gasteiger partial charge in [-0.25, -0.2) is 4.68 Å². The molecule has 2 aromatic carbocycles. The number of aromatic nitrogens is 2. The van der Waals surface area contributed by atoms with Crippen molar-refractivity contribution in [2.45, 2.75) is 0 Å². The fourth-order valence-corrected chi connectivity index (χ4v) is 2.87. The molecule has 0 fully saturated rings. The topological polar surface area (TPSA) is 58.7 Å². The molecule has 4 nitrogen and oxygen atoms in total. The Morgan fingerprint density at radius 1 is 1.00 bits per heavy atom. The van der Waals surface area contributed by atoms with Crippen LogP contribution in [-0.2, 0) is 0 Å². The van der Waals surface area contributed by atoms with Gasteiger partial charge in [0.05, 0.1) is 5.69 Å². The van der Waals surface area contributed by atoms with Gasteiger partial charge in [-0.15, -0.1) is 0 Å². The third-order valence-electron chi connectivity index (χ3n) is 2.95. The summed E-state index contributed by atoms with van der Waals surface area (Å²) in [7, 11) is 0. The molecular weight excluding hydrogens is 341 g/mol. The Hall–Kier alpha value is -1.95. The van der Waals surface area contributed by atoms with Crippen molar-refractivity contribution in [1.29, 1.82) is 5.41 Å². The summed E-state index contributed by atoms with van der Waals surface area (Å²) in [6.45, 7) is 0. The number of rotatable bonds is 3. The maximum atomic E-state index is 12.4. The number of ketones is 1. The molecule has 1 aromatic heterocycles. The van der Waals surface area contributed by atoms with Crippen LogP contribution in [0.1, 0.15) is 15.4 Å². The molecule has 0 bridgehead atoms. The maximum absolute atomic E-state index is 12.4. The van der Waals surface area contributed by atoms with E-state index in [1.807, 2.05) is 0 Å². The summed E-state index contributed by atoms with van der Waals surface area (Å²) >= 11 is 12.7. The lowest BCUT2D eigenvalue weighted by atomic mass is 10.1. The van der Waals surface area contributed by atoms with E-state index in [4.69, 9.17) is 28.6 Å². The first-order valence-corrected chi connectivity index (χ1v) is 7.83. The minimum Gasteiger partial charge on any atom is -0.286 e. The molecule has 0 unspecified atom stereocenters. The van der Waals surface area contributed by atoms with Gasteiger partial charge in [-0.05, 0) is 48.5 Å². The first-order chi connectivity index (χ1) is 10.5. The summed E-state index contributed by atoms with van der Waals surface area (Å²) in [5.41, 5.74) is 1.17. The SMILES string of the molecule is N=c1sc(C(=O)c2ccc(Cl)cc2)nn1-c1ccc(Cl)cc1. The summed E-state index contributed by atoms with van der Waals surface area (Å²) in [6, 6.07) is 13.5. The van der Waals surface area contributed by atoms with Crippen LogP contribution in [0, 0.1) is 5.41 Å². The number of halogens is 2. The van der Waals surface area contributed by atoms with Gasteiger partial charge >= 0.3 is 0 Å². The predicted molar refractivity (Wildman–Crippen MR) is 87.2 cm³/mol. The zero-order chi connectivity index (χ0) is 15.7. The third kappa shape index (κ3) is 2.97. The molecule has 0 aliphatic heterocycles. The van der Waals surface area contributed by atoms with Crippen molar-refractivity contribution in [2.75, 3.05) is 0 Å². The smallest absolute Gasteiger partial charge is 0.223 e. The highest BCUT2D eigenvalue weighted by molar-refractivity contribution is 7.11. The zero-order valence-corrected chi connectivity index (χ0v) is 13.4. The summed E-state index contributed by atoms with van der Waals surface area (Å²) in [4.78, 5) is 12.6. The molecule has 0 amide bonds. The highest BCUT2D eigenvalue weighted by atomic mass is 35.5. The Morgan fingerprint density at radius 3 is 2.14 bits per heavy atom. The number of hydrogen-bond acceptors (Lipinski definition) is 4. The van der Waals surface area contributed by atoms with E-state index in [1.54, 1.807) is 48.5 Å². The summed E-state index contributed by atoms with van der Waals surface area (Å²) < 4.78 is 1.41. The fraction of sp³-hybridized carbons (Fsp3) is 0. The van der Waals surface area contributed by atoms with Gasteiger partial charge in [-0.3, -0.25) is 10.2 Å². The van der Waals surface area contributed by atoms with Crippen molar-refractivity contribution in [3.8, 4) is 5.69 Å². The van der Waals surface area contributed by atoms with E-state index in [-0.39, 0.29) is 15.6 Å². The molecule has 0 aliphatic carbocycles. The normalized spacial score (nSPS) is 10.6. The minimum atomic E-state index is -0.233. The van der Waals surface area contributed by atoms with E-state index in [2.05, 4.69) is 5.10 Å². The molecule has 0 spiro atoms. The minimum absolute atomic E-state index is 0.166. The van der Waals surface area contributed by atoms with Crippen LogP contribution < -0.4 is 4.80 Å². The lowest BCUT2D eigenvalue weighted by molar-refractivity contribution is 0.103.